The van der Waals surface area contributed by atoms with E-state index in [9.17, 15) is 14.0 Å². The van der Waals surface area contributed by atoms with Crippen molar-refractivity contribution >= 4 is 23.6 Å². The fourth-order valence-corrected chi connectivity index (χ4v) is 2.97. The highest BCUT2D eigenvalue weighted by Crippen LogP contribution is 2.36. The van der Waals surface area contributed by atoms with Crippen LogP contribution in [-0.4, -0.2) is 43.8 Å². The number of allylic oxidation sites excluding steroid dienone is 1. The van der Waals surface area contributed by atoms with Crippen LogP contribution in [0.4, 0.5) is 9.18 Å². The highest BCUT2D eigenvalue weighted by atomic mass is 35.5. The maximum atomic E-state index is 14.4. The molecule has 1 N–H and O–H groups in total. The number of urea groups is 1. The Morgan fingerprint density at radius 1 is 1.46 bits per heavy atom. The van der Waals surface area contributed by atoms with Gasteiger partial charge in [0.1, 0.15) is 12.4 Å². The predicted molar refractivity (Wildman–Crippen MR) is 95.1 cm³/mol. The van der Waals surface area contributed by atoms with E-state index in [0.717, 1.165) is 0 Å². The Bertz CT molecular complexity index is 730. The molecule has 2 amide bonds. The van der Waals surface area contributed by atoms with Gasteiger partial charge in [0.25, 0.3) is 0 Å². The Hall–Kier alpha value is -2.38. The van der Waals surface area contributed by atoms with Crippen molar-refractivity contribution < 1.29 is 23.5 Å². The highest BCUT2D eigenvalue weighted by Gasteiger charge is 2.38. The van der Waals surface area contributed by atoms with Gasteiger partial charge in [-0.15, -0.1) is 6.58 Å². The molecule has 0 saturated carbocycles. The first-order chi connectivity index (χ1) is 12.4. The molecule has 2 rings (SSSR count). The third kappa shape index (κ3) is 4.05. The van der Waals surface area contributed by atoms with E-state index in [-0.39, 0.29) is 35.9 Å². The smallest absolute Gasteiger partial charge is 0.338 e. The summed E-state index contributed by atoms with van der Waals surface area (Å²) < 4.78 is 24.5. The van der Waals surface area contributed by atoms with Crippen molar-refractivity contribution in [2.45, 2.75) is 13.0 Å². The lowest BCUT2D eigenvalue weighted by atomic mass is 9.94. The van der Waals surface area contributed by atoms with Crippen LogP contribution in [0.25, 0.3) is 0 Å². The molecule has 1 atom stereocenters. The number of nitrogens with zero attached hydrogens (tertiary/aromatic N) is 1. The first-order valence-electron chi connectivity index (χ1n) is 7.92. The molecular formula is C18H20ClFN2O4. The molecule has 1 aliphatic rings. The molecule has 6 nitrogen and oxygen atoms in total. The Kier molecular flexibility index (Phi) is 6.76. The molecule has 0 aliphatic carbocycles. The monoisotopic (exact) mass is 382 g/mol. The summed E-state index contributed by atoms with van der Waals surface area (Å²) in [6, 6.07) is 2.61. The summed E-state index contributed by atoms with van der Waals surface area (Å²) in [4.78, 5) is 26.4. The maximum Gasteiger partial charge on any atom is 0.338 e. The highest BCUT2D eigenvalue weighted by molar-refractivity contribution is 6.31. The van der Waals surface area contributed by atoms with Crippen LogP contribution in [0.1, 0.15) is 18.5 Å². The summed E-state index contributed by atoms with van der Waals surface area (Å²) >= 11 is 6.14. The van der Waals surface area contributed by atoms with Gasteiger partial charge in [-0.05, 0) is 19.1 Å². The van der Waals surface area contributed by atoms with Crippen LogP contribution in [0, 0.1) is 5.82 Å². The number of carbonyl (C=O) groups is 2. The minimum absolute atomic E-state index is 0.0128. The molecule has 1 heterocycles. The van der Waals surface area contributed by atoms with Crippen LogP contribution in [0.3, 0.4) is 0 Å². The zero-order valence-corrected chi connectivity index (χ0v) is 15.3. The van der Waals surface area contributed by atoms with E-state index in [0.29, 0.717) is 5.70 Å². The second-order valence-electron chi connectivity index (χ2n) is 5.54. The molecule has 0 bridgehead atoms. The number of benzene rings is 1. The lowest BCUT2D eigenvalue weighted by molar-refractivity contribution is -0.140. The Morgan fingerprint density at radius 2 is 2.19 bits per heavy atom. The Balaban J connectivity index is 2.52. The number of amides is 2. The number of hydrogen-bond donors (Lipinski definition) is 1. The van der Waals surface area contributed by atoms with E-state index in [1.165, 1.54) is 36.3 Å². The molecule has 1 aliphatic heterocycles. The van der Waals surface area contributed by atoms with Crippen LogP contribution in [-0.2, 0) is 14.3 Å². The quantitative estimate of drug-likeness (QED) is 0.447. The molecule has 0 fully saturated rings. The maximum absolute atomic E-state index is 14.4. The molecule has 0 aromatic heterocycles. The van der Waals surface area contributed by atoms with Crippen molar-refractivity contribution in [2.75, 3.05) is 26.9 Å². The van der Waals surface area contributed by atoms with E-state index in [1.807, 2.05) is 0 Å². The summed E-state index contributed by atoms with van der Waals surface area (Å²) in [7, 11) is 1.48. The van der Waals surface area contributed by atoms with Crippen molar-refractivity contribution in [3.63, 3.8) is 0 Å². The van der Waals surface area contributed by atoms with Crippen molar-refractivity contribution in [1.29, 1.82) is 0 Å². The molecule has 0 unspecified atom stereocenters. The van der Waals surface area contributed by atoms with Gasteiger partial charge in [-0.1, -0.05) is 23.7 Å². The van der Waals surface area contributed by atoms with Crippen LogP contribution in [0.2, 0.25) is 5.02 Å². The standard InChI is InChI=1S/C18H20ClFN2O4/c1-4-8-22-11(2)14(17(23)26-10-9-25-3)16(21-18(22)24)15-12(19)6-5-7-13(15)20/h4-7,16H,1,8-10H2,2-3H3,(H,21,24)/t16-/m1/s1. The Labute approximate surface area is 156 Å². The van der Waals surface area contributed by atoms with Crippen molar-refractivity contribution in [2.24, 2.45) is 0 Å². The zero-order chi connectivity index (χ0) is 19.3. The largest absolute Gasteiger partial charge is 0.460 e. The van der Waals surface area contributed by atoms with E-state index < -0.39 is 23.9 Å². The van der Waals surface area contributed by atoms with Gasteiger partial charge in [0.2, 0.25) is 0 Å². The Morgan fingerprint density at radius 3 is 2.81 bits per heavy atom. The number of carbonyl (C=O) groups excluding carboxylic acids is 2. The average molecular weight is 383 g/mol. The number of methoxy groups -OCH3 is 1. The molecular weight excluding hydrogens is 363 g/mol. The summed E-state index contributed by atoms with van der Waals surface area (Å²) in [6.45, 7) is 5.62. The topological polar surface area (TPSA) is 67.9 Å². The number of ether oxygens (including phenoxy) is 2. The normalized spacial score (nSPS) is 17.2. The van der Waals surface area contributed by atoms with Gasteiger partial charge in [-0.25, -0.2) is 14.0 Å². The van der Waals surface area contributed by atoms with Crippen LogP contribution >= 0.6 is 11.6 Å². The van der Waals surface area contributed by atoms with Crippen molar-refractivity contribution in [3.05, 3.63) is 58.5 Å². The molecule has 26 heavy (non-hydrogen) atoms. The average Bonchev–Trinajstić information content (AvgIpc) is 2.58. The molecule has 140 valence electrons. The zero-order valence-electron chi connectivity index (χ0n) is 14.6. The van der Waals surface area contributed by atoms with Gasteiger partial charge in [0.05, 0.1) is 18.2 Å². The second-order valence-corrected chi connectivity index (χ2v) is 5.95. The fraction of sp³-hybridized carbons (Fsp3) is 0.333. The lowest BCUT2D eigenvalue weighted by Gasteiger charge is -2.35. The summed E-state index contributed by atoms with van der Waals surface area (Å²) in [6.07, 6.45) is 1.52. The third-order valence-electron chi connectivity index (χ3n) is 3.94. The number of rotatable bonds is 7. The van der Waals surface area contributed by atoms with Crippen LogP contribution in [0.5, 0.6) is 0 Å². The lowest BCUT2D eigenvalue weighted by Crippen LogP contribution is -2.48. The summed E-state index contributed by atoms with van der Waals surface area (Å²) in [5, 5.41) is 2.73. The van der Waals surface area contributed by atoms with E-state index in [2.05, 4.69) is 11.9 Å². The summed E-state index contributed by atoms with van der Waals surface area (Å²) in [5.41, 5.74) is 0.466. The minimum Gasteiger partial charge on any atom is -0.460 e. The predicted octanol–water partition coefficient (Wildman–Crippen LogP) is 3.20. The molecule has 8 heteroatoms. The van der Waals surface area contributed by atoms with Crippen LogP contribution < -0.4 is 5.32 Å². The summed E-state index contributed by atoms with van der Waals surface area (Å²) in [5.74, 6) is -1.31. The third-order valence-corrected chi connectivity index (χ3v) is 4.27. The van der Waals surface area contributed by atoms with Crippen LogP contribution in [0.15, 0.2) is 42.1 Å². The number of halogens is 2. The fourth-order valence-electron chi connectivity index (χ4n) is 2.69. The van der Waals surface area contributed by atoms with E-state index in [4.69, 9.17) is 21.1 Å². The number of esters is 1. The van der Waals surface area contributed by atoms with Gasteiger partial charge in [0.15, 0.2) is 0 Å². The molecule has 0 saturated heterocycles. The number of nitrogens with one attached hydrogen (secondary N) is 1. The van der Waals surface area contributed by atoms with Crippen molar-refractivity contribution in [1.82, 2.24) is 10.2 Å². The molecule has 0 radical (unpaired) electrons. The molecule has 1 aromatic rings. The molecule has 0 spiro atoms. The first-order valence-corrected chi connectivity index (χ1v) is 8.29. The van der Waals surface area contributed by atoms with Gasteiger partial charge >= 0.3 is 12.0 Å². The SMILES string of the molecule is C=CCN1C(=O)N[C@@H](c2c(F)cccc2Cl)C(C(=O)OCCOC)=C1C. The van der Waals surface area contributed by atoms with E-state index in [1.54, 1.807) is 6.92 Å². The second kappa shape index (κ2) is 8.82. The van der Waals surface area contributed by atoms with E-state index >= 15 is 0 Å². The van der Waals surface area contributed by atoms with Gasteiger partial charge < -0.3 is 14.8 Å². The van der Waals surface area contributed by atoms with Crippen molar-refractivity contribution in [3.8, 4) is 0 Å². The number of hydrogen-bond acceptors (Lipinski definition) is 4. The van der Waals surface area contributed by atoms with Gasteiger partial charge in [-0.2, -0.15) is 0 Å². The first kappa shape index (κ1) is 19.9. The molecule has 1 aromatic carbocycles. The van der Waals surface area contributed by atoms with Gasteiger partial charge in [0, 0.05) is 29.9 Å². The van der Waals surface area contributed by atoms with Gasteiger partial charge in [-0.3, -0.25) is 4.90 Å². The minimum atomic E-state index is -1.06.